The predicted molar refractivity (Wildman–Crippen MR) is 68.9 cm³/mol. The van der Waals surface area contributed by atoms with Crippen LogP contribution in [0.4, 0.5) is 4.39 Å². The topological polar surface area (TPSA) is 30.7 Å². The van der Waals surface area contributed by atoms with Crippen LogP contribution in [0.2, 0.25) is 5.28 Å². The zero-order chi connectivity index (χ0) is 12.7. The lowest BCUT2D eigenvalue weighted by atomic mass is 10.1. The average molecular weight is 262 g/mol. The summed E-state index contributed by atoms with van der Waals surface area (Å²) in [6, 6.07) is 7.75. The maximum absolute atomic E-state index is 13.8. The SMILES string of the molecule is Cn1cc(-c2nc(Cl)ncc2F)c2ccccc21. The molecule has 18 heavy (non-hydrogen) atoms. The van der Waals surface area contributed by atoms with Crippen LogP contribution in [0.5, 0.6) is 0 Å². The molecule has 0 unspecified atom stereocenters. The molecule has 5 heteroatoms. The zero-order valence-electron chi connectivity index (χ0n) is 9.56. The molecular formula is C13H9ClFN3. The number of benzene rings is 1. The predicted octanol–water partition coefficient (Wildman–Crippen LogP) is 3.43. The molecule has 0 amide bonds. The summed E-state index contributed by atoms with van der Waals surface area (Å²) in [5, 5.41) is 0.980. The quantitative estimate of drug-likeness (QED) is 0.629. The fourth-order valence-corrected chi connectivity index (χ4v) is 2.20. The van der Waals surface area contributed by atoms with Crippen molar-refractivity contribution < 1.29 is 4.39 Å². The maximum Gasteiger partial charge on any atom is 0.223 e. The number of halogens is 2. The molecule has 3 rings (SSSR count). The minimum Gasteiger partial charge on any atom is -0.350 e. The van der Waals surface area contributed by atoms with E-state index in [1.165, 1.54) is 0 Å². The van der Waals surface area contributed by atoms with E-state index in [0.29, 0.717) is 0 Å². The van der Waals surface area contributed by atoms with E-state index in [2.05, 4.69) is 9.97 Å². The Bertz CT molecular complexity index is 736. The third kappa shape index (κ3) is 1.66. The summed E-state index contributed by atoms with van der Waals surface area (Å²) in [7, 11) is 1.91. The van der Waals surface area contributed by atoms with Gasteiger partial charge in [-0.05, 0) is 17.7 Å². The van der Waals surface area contributed by atoms with E-state index < -0.39 is 5.82 Å². The molecular weight excluding hydrogens is 253 g/mol. The lowest BCUT2D eigenvalue weighted by Gasteiger charge is -2.00. The highest BCUT2D eigenvalue weighted by atomic mass is 35.5. The standard InChI is InChI=1S/C13H9ClFN3/c1-18-7-9(8-4-2-3-5-11(8)18)12-10(15)6-16-13(14)17-12/h2-7H,1H3. The molecule has 3 aromatic rings. The summed E-state index contributed by atoms with van der Waals surface area (Å²) >= 11 is 5.73. The Kier molecular flexibility index (Phi) is 2.52. The van der Waals surface area contributed by atoms with Crippen molar-refractivity contribution in [3.05, 3.63) is 47.8 Å². The molecule has 0 bridgehead atoms. The van der Waals surface area contributed by atoms with E-state index in [-0.39, 0.29) is 11.0 Å². The van der Waals surface area contributed by atoms with E-state index in [1.807, 2.05) is 42.1 Å². The Morgan fingerprint density at radius 1 is 1.28 bits per heavy atom. The number of nitrogens with zero attached hydrogens (tertiary/aromatic N) is 3. The molecule has 3 nitrogen and oxygen atoms in total. The Labute approximate surface area is 108 Å². The number of para-hydroxylation sites is 1. The molecule has 2 aromatic heterocycles. The van der Waals surface area contributed by atoms with Crippen LogP contribution in [0.15, 0.2) is 36.7 Å². The maximum atomic E-state index is 13.8. The Morgan fingerprint density at radius 2 is 2.06 bits per heavy atom. The molecule has 0 N–H and O–H groups in total. The van der Waals surface area contributed by atoms with Gasteiger partial charge in [0, 0.05) is 29.7 Å². The second-order valence-electron chi connectivity index (χ2n) is 4.01. The Hall–Kier alpha value is -1.94. The van der Waals surface area contributed by atoms with Crippen LogP contribution in [0, 0.1) is 5.82 Å². The second-order valence-corrected chi connectivity index (χ2v) is 4.34. The van der Waals surface area contributed by atoms with Gasteiger partial charge >= 0.3 is 0 Å². The molecule has 0 aliphatic carbocycles. The fourth-order valence-electron chi connectivity index (χ4n) is 2.06. The molecule has 0 aliphatic heterocycles. The van der Waals surface area contributed by atoms with Crippen LogP contribution in [-0.2, 0) is 7.05 Å². The smallest absolute Gasteiger partial charge is 0.223 e. The number of hydrogen-bond acceptors (Lipinski definition) is 2. The molecule has 0 saturated heterocycles. The molecule has 2 heterocycles. The van der Waals surface area contributed by atoms with E-state index in [0.717, 1.165) is 22.7 Å². The number of aromatic nitrogens is 3. The van der Waals surface area contributed by atoms with Gasteiger partial charge in [-0.1, -0.05) is 18.2 Å². The highest BCUT2D eigenvalue weighted by Gasteiger charge is 2.14. The molecule has 90 valence electrons. The number of rotatable bonds is 1. The van der Waals surface area contributed by atoms with E-state index >= 15 is 0 Å². The Balaban J connectivity index is 2.35. The van der Waals surface area contributed by atoms with Crippen molar-refractivity contribution in [2.45, 2.75) is 0 Å². The van der Waals surface area contributed by atoms with Crippen molar-refractivity contribution in [2.75, 3.05) is 0 Å². The van der Waals surface area contributed by atoms with Crippen molar-refractivity contribution in [2.24, 2.45) is 7.05 Å². The van der Waals surface area contributed by atoms with Crippen molar-refractivity contribution in [3.63, 3.8) is 0 Å². The monoisotopic (exact) mass is 261 g/mol. The van der Waals surface area contributed by atoms with Crippen LogP contribution >= 0.6 is 11.6 Å². The van der Waals surface area contributed by atoms with Crippen molar-refractivity contribution >= 4 is 22.5 Å². The minimum absolute atomic E-state index is 0.0411. The number of hydrogen-bond donors (Lipinski definition) is 0. The van der Waals surface area contributed by atoms with Crippen molar-refractivity contribution in [1.82, 2.24) is 14.5 Å². The molecule has 0 atom stereocenters. The van der Waals surface area contributed by atoms with Crippen molar-refractivity contribution in [1.29, 1.82) is 0 Å². The van der Waals surface area contributed by atoms with Gasteiger partial charge in [0.05, 0.1) is 6.20 Å². The van der Waals surface area contributed by atoms with Crippen LogP contribution in [0.1, 0.15) is 0 Å². The summed E-state index contributed by atoms with van der Waals surface area (Å²) < 4.78 is 15.7. The summed E-state index contributed by atoms with van der Waals surface area (Å²) in [6.07, 6.45) is 2.93. The van der Waals surface area contributed by atoms with Crippen LogP contribution < -0.4 is 0 Å². The third-order valence-corrected chi connectivity index (χ3v) is 3.05. The molecule has 0 saturated carbocycles. The lowest BCUT2D eigenvalue weighted by Crippen LogP contribution is -1.91. The largest absolute Gasteiger partial charge is 0.350 e. The zero-order valence-corrected chi connectivity index (χ0v) is 10.3. The van der Waals surface area contributed by atoms with Gasteiger partial charge < -0.3 is 4.57 Å². The van der Waals surface area contributed by atoms with Crippen LogP contribution in [-0.4, -0.2) is 14.5 Å². The van der Waals surface area contributed by atoms with Gasteiger partial charge in [0.25, 0.3) is 0 Å². The summed E-state index contributed by atoms with van der Waals surface area (Å²) in [4.78, 5) is 7.60. The van der Waals surface area contributed by atoms with Crippen LogP contribution in [0.3, 0.4) is 0 Å². The summed E-state index contributed by atoms with van der Waals surface area (Å²) in [6.45, 7) is 0. The number of fused-ring (bicyclic) bond motifs is 1. The van der Waals surface area contributed by atoms with Crippen LogP contribution in [0.25, 0.3) is 22.2 Å². The van der Waals surface area contributed by atoms with Gasteiger partial charge in [0.15, 0.2) is 5.82 Å². The highest BCUT2D eigenvalue weighted by molar-refractivity contribution is 6.28. The first-order chi connectivity index (χ1) is 8.66. The lowest BCUT2D eigenvalue weighted by molar-refractivity contribution is 0.618. The number of aryl methyl sites for hydroxylation is 1. The van der Waals surface area contributed by atoms with Gasteiger partial charge in [-0.15, -0.1) is 0 Å². The van der Waals surface area contributed by atoms with Gasteiger partial charge in [0.1, 0.15) is 5.69 Å². The molecule has 0 spiro atoms. The second kappa shape index (κ2) is 4.07. The van der Waals surface area contributed by atoms with E-state index in [4.69, 9.17) is 11.6 Å². The van der Waals surface area contributed by atoms with E-state index in [1.54, 1.807) is 0 Å². The molecule has 0 radical (unpaired) electrons. The molecule has 1 aromatic carbocycles. The van der Waals surface area contributed by atoms with E-state index in [9.17, 15) is 4.39 Å². The first-order valence-electron chi connectivity index (χ1n) is 5.39. The minimum atomic E-state index is -0.476. The first-order valence-corrected chi connectivity index (χ1v) is 5.77. The Morgan fingerprint density at radius 3 is 2.89 bits per heavy atom. The normalized spacial score (nSPS) is 11.1. The fraction of sp³-hybridized carbons (Fsp3) is 0.0769. The van der Waals surface area contributed by atoms with Crippen molar-refractivity contribution in [3.8, 4) is 11.3 Å². The van der Waals surface area contributed by atoms with Gasteiger partial charge in [-0.2, -0.15) is 0 Å². The molecule has 0 fully saturated rings. The summed E-state index contributed by atoms with van der Waals surface area (Å²) in [5.74, 6) is -0.476. The van der Waals surface area contributed by atoms with Gasteiger partial charge in [-0.3, -0.25) is 0 Å². The summed E-state index contributed by atoms with van der Waals surface area (Å²) in [5.41, 5.74) is 1.96. The first kappa shape index (κ1) is 11.2. The average Bonchev–Trinajstić information content (AvgIpc) is 2.71. The third-order valence-electron chi connectivity index (χ3n) is 2.87. The van der Waals surface area contributed by atoms with Gasteiger partial charge in [-0.25, -0.2) is 14.4 Å². The highest BCUT2D eigenvalue weighted by Crippen LogP contribution is 2.30. The van der Waals surface area contributed by atoms with Gasteiger partial charge in [0.2, 0.25) is 5.28 Å². The molecule has 0 aliphatic rings.